The SMILES string of the molecule is Nc1nc2c(ncn2CCOCP)c(=O)[nH]1. The molecule has 0 aromatic carbocycles. The number of aromatic nitrogens is 4. The molecule has 7 nitrogen and oxygen atoms in total. The fraction of sp³-hybridized carbons (Fsp3) is 0.375. The summed E-state index contributed by atoms with van der Waals surface area (Å²) in [7, 11) is 2.47. The largest absolute Gasteiger partial charge is 0.376 e. The molecule has 0 bridgehead atoms. The Morgan fingerprint density at radius 3 is 3.19 bits per heavy atom. The summed E-state index contributed by atoms with van der Waals surface area (Å²) in [5.41, 5.74) is 5.91. The number of nitrogen functional groups attached to an aromatic ring is 1. The number of fused-ring (bicyclic) bond motifs is 1. The number of nitrogens with two attached hydrogens (primary N) is 1. The Labute approximate surface area is 93.2 Å². The molecular formula is C8H12N5O2P. The van der Waals surface area contributed by atoms with E-state index in [0.29, 0.717) is 30.7 Å². The van der Waals surface area contributed by atoms with Gasteiger partial charge in [-0.2, -0.15) is 4.98 Å². The lowest BCUT2D eigenvalue weighted by molar-refractivity contribution is 0.173. The van der Waals surface area contributed by atoms with Crippen LogP contribution >= 0.6 is 9.24 Å². The van der Waals surface area contributed by atoms with E-state index >= 15 is 0 Å². The molecule has 16 heavy (non-hydrogen) atoms. The van der Waals surface area contributed by atoms with E-state index in [9.17, 15) is 4.79 Å². The zero-order valence-electron chi connectivity index (χ0n) is 8.51. The van der Waals surface area contributed by atoms with Crippen molar-refractivity contribution in [2.45, 2.75) is 6.54 Å². The summed E-state index contributed by atoms with van der Waals surface area (Å²) in [6.07, 6.45) is 2.13. The molecular weight excluding hydrogens is 229 g/mol. The molecule has 0 fully saturated rings. The fourth-order valence-electron chi connectivity index (χ4n) is 1.38. The quantitative estimate of drug-likeness (QED) is 0.558. The summed E-state index contributed by atoms with van der Waals surface area (Å²) in [5, 5.41) is 0. The number of aromatic amines is 1. The van der Waals surface area contributed by atoms with E-state index in [-0.39, 0.29) is 11.5 Å². The Kier molecular flexibility index (Phi) is 3.17. The van der Waals surface area contributed by atoms with Gasteiger partial charge in [-0.3, -0.25) is 9.78 Å². The number of hydrogen-bond donors (Lipinski definition) is 2. The normalized spacial score (nSPS) is 11.1. The second kappa shape index (κ2) is 4.59. The topological polar surface area (TPSA) is 98.8 Å². The van der Waals surface area contributed by atoms with Crippen LogP contribution in [0.5, 0.6) is 0 Å². The third-order valence-corrected chi connectivity index (χ3v) is 2.32. The summed E-state index contributed by atoms with van der Waals surface area (Å²) >= 11 is 0. The Balaban J connectivity index is 2.36. The second-order valence-electron chi connectivity index (χ2n) is 3.14. The number of hydrogen-bond acceptors (Lipinski definition) is 5. The zero-order valence-corrected chi connectivity index (χ0v) is 9.67. The second-order valence-corrected chi connectivity index (χ2v) is 3.47. The lowest BCUT2D eigenvalue weighted by Crippen LogP contribution is -2.13. The molecule has 0 radical (unpaired) electrons. The lowest BCUT2D eigenvalue weighted by atomic mass is 10.5. The van der Waals surface area contributed by atoms with Crippen LogP contribution in [0.3, 0.4) is 0 Å². The number of rotatable bonds is 4. The molecule has 0 spiro atoms. The highest BCUT2D eigenvalue weighted by Crippen LogP contribution is 2.05. The van der Waals surface area contributed by atoms with E-state index in [1.807, 2.05) is 0 Å². The number of imidazole rings is 1. The highest BCUT2D eigenvalue weighted by molar-refractivity contribution is 7.16. The van der Waals surface area contributed by atoms with Gasteiger partial charge in [0.05, 0.1) is 19.3 Å². The van der Waals surface area contributed by atoms with Gasteiger partial charge in [-0.25, -0.2) is 4.98 Å². The van der Waals surface area contributed by atoms with Crippen LogP contribution in [0, 0.1) is 0 Å². The van der Waals surface area contributed by atoms with Gasteiger partial charge in [-0.15, -0.1) is 9.24 Å². The van der Waals surface area contributed by atoms with Crippen molar-refractivity contribution in [2.24, 2.45) is 0 Å². The number of nitrogens with one attached hydrogen (secondary N) is 1. The van der Waals surface area contributed by atoms with Crippen LogP contribution in [0.25, 0.3) is 11.2 Å². The van der Waals surface area contributed by atoms with E-state index in [1.54, 1.807) is 10.9 Å². The van der Waals surface area contributed by atoms with Gasteiger partial charge in [0, 0.05) is 6.54 Å². The van der Waals surface area contributed by atoms with Crippen molar-refractivity contribution in [2.75, 3.05) is 18.7 Å². The van der Waals surface area contributed by atoms with Crippen molar-refractivity contribution in [3.05, 3.63) is 16.7 Å². The first kappa shape index (κ1) is 11.0. The minimum absolute atomic E-state index is 0.0891. The molecule has 2 aromatic rings. The predicted molar refractivity (Wildman–Crippen MR) is 63.1 cm³/mol. The van der Waals surface area contributed by atoms with Crippen molar-refractivity contribution in [1.82, 2.24) is 19.5 Å². The molecule has 0 saturated heterocycles. The first-order valence-corrected chi connectivity index (χ1v) is 5.52. The van der Waals surface area contributed by atoms with E-state index in [0.717, 1.165) is 0 Å². The third kappa shape index (κ3) is 2.05. The molecule has 0 amide bonds. The van der Waals surface area contributed by atoms with Gasteiger partial charge in [0.1, 0.15) is 0 Å². The Hall–Kier alpha value is -1.46. The molecule has 86 valence electrons. The summed E-state index contributed by atoms with van der Waals surface area (Å²) in [6, 6.07) is 0. The third-order valence-electron chi connectivity index (χ3n) is 2.09. The van der Waals surface area contributed by atoms with Crippen LogP contribution in [0.4, 0.5) is 5.95 Å². The molecule has 8 heteroatoms. The molecule has 3 N–H and O–H groups in total. The summed E-state index contributed by atoms with van der Waals surface area (Å²) in [6.45, 7) is 1.12. The van der Waals surface area contributed by atoms with Crippen LogP contribution in [0.15, 0.2) is 11.1 Å². The van der Waals surface area contributed by atoms with Crippen LogP contribution in [-0.4, -0.2) is 32.5 Å². The first-order chi connectivity index (χ1) is 7.72. The first-order valence-electron chi connectivity index (χ1n) is 4.71. The molecule has 2 aromatic heterocycles. The van der Waals surface area contributed by atoms with Crippen LogP contribution < -0.4 is 11.3 Å². The highest BCUT2D eigenvalue weighted by atomic mass is 31.0. The van der Waals surface area contributed by atoms with E-state index in [1.165, 1.54) is 0 Å². The molecule has 0 aliphatic rings. The summed E-state index contributed by atoms with van der Waals surface area (Å²) < 4.78 is 6.92. The molecule has 0 aliphatic carbocycles. The number of ether oxygens (including phenoxy) is 1. The predicted octanol–water partition coefficient (Wildman–Crippen LogP) is -0.449. The molecule has 0 saturated carbocycles. The zero-order chi connectivity index (χ0) is 11.5. The maximum atomic E-state index is 11.5. The van der Waals surface area contributed by atoms with Gasteiger partial charge in [-0.1, -0.05) is 0 Å². The van der Waals surface area contributed by atoms with Gasteiger partial charge in [0.15, 0.2) is 11.2 Å². The van der Waals surface area contributed by atoms with Crippen LogP contribution in [0.1, 0.15) is 0 Å². The van der Waals surface area contributed by atoms with Crippen molar-refractivity contribution in [3.63, 3.8) is 0 Å². The summed E-state index contributed by atoms with van der Waals surface area (Å²) in [4.78, 5) is 21.9. The van der Waals surface area contributed by atoms with Gasteiger partial charge in [-0.05, 0) is 0 Å². The van der Waals surface area contributed by atoms with Crippen molar-refractivity contribution in [1.29, 1.82) is 0 Å². The molecule has 1 atom stereocenters. The van der Waals surface area contributed by atoms with Crippen molar-refractivity contribution >= 4 is 26.4 Å². The van der Waals surface area contributed by atoms with Gasteiger partial charge in [0.2, 0.25) is 5.95 Å². The smallest absolute Gasteiger partial charge is 0.280 e. The maximum absolute atomic E-state index is 11.5. The van der Waals surface area contributed by atoms with Gasteiger partial charge >= 0.3 is 0 Å². The van der Waals surface area contributed by atoms with E-state index in [2.05, 4.69) is 24.2 Å². The standard InChI is InChI=1S/C8H12N5O2P/c9-8-11-6-5(7(14)12-8)10-3-13(6)1-2-15-4-16/h3H,1-2,4,16H2,(H3,9,11,12,14). The van der Waals surface area contributed by atoms with Crippen molar-refractivity contribution in [3.8, 4) is 0 Å². The highest BCUT2D eigenvalue weighted by Gasteiger charge is 2.08. The Morgan fingerprint density at radius 1 is 1.62 bits per heavy atom. The van der Waals surface area contributed by atoms with E-state index in [4.69, 9.17) is 10.5 Å². The Morgan fingerprint density at radius 2 is 2.44 bits per heavy atom. The van der Waals surface area contributed by atoms with Gasteiger partial charge < -0.3 is 15.0 Å². The average Bonchev–Trinajstić information content (AvgIpc) is 2.62. The number of H-pyrrole nitrogens is 1. The lowest BCUT2D eigenvalue weighted by Gasteiger charge is -2.03. The fourth-order valence-corrected chi connectivity index (χ4v) is 1.55. The van der Waals surface area contributed by atoms with Crippen LogP contribution in [-0.2, 0) is 11.3 Å². The van der Waals surface area contributed by atoms with Crippen LogP contribution in [0.2, 0.25) is 0 Å². The van der Waals surface area contributed by atoms with E-state index < -0.39 is 0 Å². The molecule has 0 aliphatic heterocycles. The molecule has 2 heterocycles. The Bertz CT molecular complexity index is 549. The molecule has 1 unspecified atom stereocenters. The monoisotopic (exact) mass is 241 g/mol. The number of anilines is 1. The molecule has 2 rings (SSSR count). The minimum atomic E-state index is -0.326. The van der Waals surface area contributed by atoms with Gasteiger partial charge in [0.25, 0.3) is 5.56 Å². The average molecular weight is 241 g/mol. The minimum Gasteiger partial charge on any atom is -0.376 e. The number of nitrogens with zero attached hydrogens (tertiary/aromatic N) is 3. The van der Waals surface area contributed by atoms with Crippen molar-refractivity contribution < 1.29 is 4.74 Å². The summed E-state index contributed by atoms with van der Waals surface area (Å²) in [5.74, 6) is 0.0891. The maximum Gasteiger partial charge on any atom is 0.280 e.